The van der Waals surface area contributed by atoms with Gasteiger partial charge in [0.05, 0.1) is 5.69 Å². The van der Waals surface area contributed by atoms with Gasteiger partial charge in [0, 0.05) is 17.2 Å². The van der Waals surface area contributed by atoms with E-state index < -0.39 is 0 Å². The minimum absolute atomic E-state index is 0.271. The maximum absolute atomic E-state index is 12.3. The lowest BCUT2D eigenvalue weighted by Gasteiger charge is -2.02. The van der Waals surface area contributed by atoms with Crippen molar-refractivity contribution in [2.75, 3.05) is 11.1 Å². The molecule has 0 aliphatic heterocycles. The normalized spacial score (nSPS) is 10.9. The van der Waals surface area contributed by atoms with Crippen molar-refractivity contribution in [2.45, 2.75) is 0 Å². The van der Waals surface area contributed by atoms with E-state index in [1.165, 1.54) is 4.52 Å². The van der Waals surface area contributed by atoms with Crippen molar-refractivity contribution < 1.29 is 4.79 Å². The van der Waals surface area contributed by atoms with Crippen LogP contribution < -0.4 is 11.1 Å². The molecule has 9 nitrogen and oxygen atoms in total. The first-order valence-corrected chi connectivity index (χ1v) is 9.78. The van der Waals surface area contributed by atoms with Gasteiger partial charge < -0.3 is 5.73 Å². The summed E-state index contributed by atoms with van der Waals surface area (Å²) in [6.45, 7) is 0. The molecule has 0 aliphatic carbocycles. The number of hydrogen-bond donors (Lipinski definition) is 2. The summed E-state index contributed by atoms with van der Waals surface area (Å²) in [5.41, 5.74) is 9.38. The highest BCUT2D eigenvalue weighted by molar-refractivity contribution is 7.18. The number of nitrogens with two attached hydrogens (primary N) is 1. The fraction of sp³-hybridized carbons (Fsp3) is 0. The number of amides is 1. The van der Waals surface area contributed by atoms with E-state index >= 15 is 0 Å². The van der Waals surface area contributed by atoms with E-state index in [9.17, 15) is 4.79 Å². The number of hydrogen-bond acceptors (Lipinski definition) is 8. The Morgan fingerprint density at radius 3 is 2.43 bits per heavy atom. The third-order valence-electron chi connectivity index (χ3n) is 4.37. The van der Waals surface area contributed by atoms with Gasteiger partial charge in [-0.15, -0.1) is 20.4 Å². The number of benzene rings is 2. The second kappa shape index (κ2) is 7.33. The Bertz CT molecular complexity index is 1350. The molecule has 1 amide bonds. The Kier molecular flexibility index (Phi) is 4.37. The van der Waals surface area contributed by atoms with Crippen LogP contribution >= 0.6 is 11.3 Å². The molecular weight excluding hydrogens is 400 g/mol. The Labute approximate surface area is 174 Å². The van der Waals surface area contributed by atoms with Crippen molar-refractivity contribution in [1.29, 1.82) is 0 Å². The molecule has 10 heteroatoms. The number of fused-ring (bicyclic) bond motifs is 1. The van der Waals surface area contributed by atoms with E-state index in [0.29, 0.717) is 32.9 Å². The minimum atomic E-state index is -0.271. The van der Waals surface area contributed by atoms with Crippen LogP contribution in [0.3, 0.4) is 0 Å². The lowest BCUT2D eigenvalue weighted by atomic mass is 10.2. The maximum atomic E-state index is 12.3. The average molecular weight is 414 g/mol. The summed E-state index contributed by atoms with van der Waals surface area (Å²) < 4.78 is 1.52. The van der Waals surface area contributed by atoms with Crippen LogP contribution in [0.5, 0.6) is 0 Å². The van der Waals surface area contributed by atoms with Gasteiger partial charge >= 0.3 is 0 Å². The topological polar surface area (TPSA) is 124 Å². The first kappa shape index (κ1) is 17.9. The van der Waals surface area contributed by atoms with Gasteiger partial charge in [-0.05, 0) is 12.1 Å². The number of nitrogen functional groups attached to an aromatic ring is 1. The Morgan fingerprint density at radius 1 is 0.933 bits per heavy atom. The summed E-state index contributed by atoms with van der Waals surface area (Å²) in [4.78, 5) is 12.3. The summed E-state index contributed by atoms with van der Waals surface area (Å²) in [6.07, 6.45) is 0. The number of carbonyl (C=O) groups is 1. The predicted octanol–water partition coefficient (Wildman–Crippen LogP) is 3.14. The monoisotopic (exact) mass is 414 g/mol. The van der Waals surface area contributed by atoms with E-state index in [2.05, 4.69) is 30.8 Å². The van der Waals surface area contributed by atoms with Crippen molar-refractivity contribution in [3.63, 3.8) is 0 Å². The van der Waals surface area contributed by atoms with Crippen LogP contribution in [0, 0.1) is 0 Å². The molecule has 0 bridgehead atoms. The number of nitrogens with one attached hydrogen (secondary N) is 1. The molecule has 5 aromatic rings. The lowest BCUT2D eigenvalue weighted by molar-refractivity contribution is 0.102. The van der Waals surface area contributed by atoms with Crippen molar-refractivity contribution in [2.24, 2.45) is 0 Å². The molecule has 0 saturated heterocycles. The van der Waals surface area contributed by atoms with Crippen molar-refractivity contribution in [3.8, 4) is 22.0 Å². The van der Waals surface area contributed by atoms with E-state index in [4.69, 9.17) is 5.73 Å². The number of rotatable bonds is 4. The maximum Gasteiger partial charge on any atom is 0.257 e. The molecule has 0 radical (unpaired) electrons. The largest absolute Gasteiger partial charge is 0.382 e. The third kappa shape index (κ3) is 3.25. The van der Waals surface area contributed by atoms with Gasteiger partial charge in [0.1, 0.15) is 0 Å². The van der Waals surface area contributed by atoms with Crippen LogP contribution in [0.1, 0.15) is 10.4 Å². The number of carbonyl (C=O) groups excluding carboxylic acids is 1. The number of aromatic nitrogens is 6. The molecule has 0 atom stereocenters. The highest BCUT2D eigenvalue weighted by Gasteiger charge is 2.18. The van der Waals surface area contributed by atoms with Gasteiger partial charge in [0.2, 0.25) is 5.13 Å². The first-order valence-electron chi connectivity index (χ1n) is 8.97. The van der Waals surface area contributed by atoms with Crippen LogP contribution in [-0.4, -0.2) is 35.9 Å². The first-order chi connectivity index (χ1) is 14.7. The standard InChI is InChI=1S/C20H14N8OS/c21-17-16(19-25-26-20(30-19)22-18(29)13-9-5-2-6-10-13)24-23-15-11-14(27-28(15)17)12-7-3-1-4-8-12/h1-11H,21H2,(H,22,26,29). The molecule has 30 heavy (non-hydrogen) atoms. The van der Waals surface area contributed by atoms with Crippen LogP contribution in [0.15, 0.2) is 66.7 Å². The summed E-state index contributed by atoms with van der Waals surface area (Å²) in [6, 6.07) is 20.4. The van der Waals surface area contributed by atoms with Gasteiger partial charge in [-0.2, -0.15) is 9.61 Å². The van der Waals surface area contributed by atoms with Crippen LogP contribution in [0.4, 0.5) is 10.9 Å². The second-order valence-corrected chi connectivity index (χ2v) is 7.31. The van der Waals surface area contributed by atoms with Crippen molar-refractivity contribution >= 4 is 33.8 Å². The quantitative estimate of drug-likeness (QED) is 0.463. The van der Waals surface area contributed by atoms with E-state index in [1.54, 1.807) is 24.3 Å². The van der Waals surface area contributed by atoms with E-state index in [-0.39, 0.29) is 5.91 Å². The minimum Gasteiger partial charge on any atom is -0.382 e. The molecule has 5 rings (SSSR count). The fourth-order valence-electron chi connectivity index (χ4n) is 2.90. The Morgan fingerprint density at radius 2 is 1.67 bits per heavy atom. The van der Waals surface area contributed by atoms with Crippen molar-refractivity contribution in [1.82, 2.24) is 30.0 Å². The predicted molar refractivity (Wildman–Crippen MR) is 114 cm³/mol. The summed E-state index contributed by atoms with van der Waals surface area (Å²) >= 11 is 1.16. The molecule has 3 N–H and O–H groups in total. The molecule has 0 fully saturated rings. The molecule has 146 valence electrons. The van der Waals surface area contributed by atoms with Crippen LogP contribution in [0.2, 0.25) is 0 Å². The van der Waals surface area contributed by atoms with E-state index in [1.807, 2.05) is 42.5 Å². The zero-order valence-corrected chi connectivity index (χ0v) is 16.2. The fourth-order valence-corrected chi connectivity index (χ4v) is 3.64. The molecule has 3 heterocycles. The van der Waals surface area contributed by atoms with Gasteiger partial charge in [-0.1, -0.05) is 59.9 Å². The third-order valence-corrected chi connectivity index (χ3v) is 5.21. The van der Waals surface area contributed by atoms with E-state index in [0.717, 1.165) is 22.6 Å². The number of anilines is 2. The molecule has 2 aromatic carbocycles. The zero-order chi connectivity index (χ0) is 20.5. The van der Waals surface area contributed by atoms with Gasteiger partial charge in [-0.25, -0.2) is 0 Å². The average Bonchev–Trinajstić information content (AvgIpc) is 3.43. The Hall–Kier alpha value is -4.18. The summed E-state index contributed by atoms with van der Waals surface area (Å²) in [5.74, 6) is 0.0201. The smallest absolute Gasteiger partial charge is 0.257 e. The van der Waals surface area contributed by atoms with Gasteiger partial charge in [-0.3, -0.25) is 10.1 Å². The molecule has 0 unspecified atom stereocenters. The molecule has 0 saturated carbocycles. The SMILES string of the molecule is Nc1c(-c2nnc(NC(=O)c3ccccc3)s2)nnc2cc(-c3ccccc3)nn12. The molecule has 0 aliphatic rings. The highest BCUT2D eigenvalue weighted by atomic mass is 32.1. The molecule has 3 aromatic heterocycles. The van der Waals surface area contributed by atoms with Gasteiger partial charge in [0.15, 0.2) is 22.2 Å². The van der Waals surface area contributed by atoms with Gasteiger partial charge in [0.25, 0.3) is 5.91 Å². The number of nitrogens with zero attached hydrogens (tertiary/aromatic N) is 6. The second-order valence-electron chi connectivity index (χ2n) is 6.33. The Balaban J connectivity index is 1.45. The summed E-state index contributed by atoms with van der Waals surface area (Å²) in [7, 11) is 0. The molecular formula is C20H14N8OS. The zero-order valence-electron chi connectivity index (χ0n) is 15.4. The summed E-state index contributed by atoms with van der Waals surface area (Å²) in [5, 5.41) is 24.5. The van der Waals surface area contributed by atoms with Crippen LogP contribution in [0.25, 0.3) is 27.6 Å². The highest BCUT2D eigenvalue weighted by Crippen LogP contribution is 2.30. The lowest BCUT2D eigenvalue weighted by Crippen LogP contribution is -2.11. The van der Waals surface area contributed by atoms with Crippen molar-refractivity contribution in [3.05, 3.63) is 72.3 Å². The molecule has 0 spiro atoms. The van der Waals surface area contributed by atoms with Crippen LogP contribution in [-0.2, 0) is 0 Å².